The molecule has 0 atom stereocenters. The summed E-state index contributed by atoms with van der Waals surface area (Å²) in [5.41, 5.74) is 4.74. The van der Waals surface area contributed by atoms with Gasteiger partial charge in [-0.1, -0.05) is 29.8 Å². The van der Waals surface area contributed by atoms with E-state index in [4.69, 9.17) is 0 Å². The maximum Gasteiger partial charge on any atom is 0.218 e. The Bertz CT molecular complexity index is 1150. The monoisotopic (exact) mass is 454 g/mol. The summed E-state index contributed by atoms with van der Waals surface area (Å²) in [7, 11) is -0.136. The summed E-state index contributed by atoms with van der Waals surface area (Å²) < 4.78 is 33.5. The van der Waals surface area contributed by atoms with Crippen LogP contribution >= 0.6 is 11.8 Å². The lowest BCUT2D eigenvalue weighted by Crippen LogP contribution is -2.40. The van der Waals surface area contributed by atoms with Crippen LogP contribution in [0.1, 0.15) is 16.8 Å². The Hall–Kier alpha value is -2.61. The lowest BCUT2D eigenvalue weighted by atomic mass is 10.1. The Morgan fingerprint density at radius 1 is 1.00 bits per heavy atom. The summed E-state index contributed by atoms with van der Waals surface area (Å²) in [6, 6.07) is 20.9. The van der Waals surface area contributed by atoms with Gasteiger partial charge in [0.25, 0.3) is 0 Å². The molecule has 1 aromatic heterocycles. The number of aryl methyl sites for hydroxylation is 2. The zero-order valence-corrected chi connectivity index (χ0v) is 19.5. The maximum absolute atomic E-state index is 10.4. The van der Waals surface area contributed by atoms with Crippen LogP contribution < -0.4 is 9.47 Å². The van der Waals surface area contributed by atoms with Crippen LogP contribution in [0.15, 0.2) is 77.8 Å². The minimum Gasteiger partial charge on any atom is -0.744 e. The molecule has 7 heteroatoms. The van der Waals surface area contributed by atoms with E-state index in [1.165, 1.54) is 34.0 Å². The Labute approximate surface area is 188 Å². The van der Waals surface area contributed by atoms with Crippen molar-refractivity contribution in [1.82, 2.24) is 0 Å². The van der Waals surface area contributed by atoms with Gasteiger partial charge in [-0.05, 0) is 48.9 Å². The first kappa shape index (κ1) is 23.1. The molecule has 0 aliphatic carbocycles. The largest absolute Gasteiger partial charge is 0.744 e. The van der Waals surface area contributed by atoms with Crippen molar-refractivity contribution in [3.05, 3.63) is 89.7 Å². The molecule has 0 fully saturated rings. The highest BCUT2D eigenvalue weighted by atomic mass is 32.2. The van der Waals surface area contributed by atoms with Crippen molar-refractivity contribution >= 4 is 38.5 Å². The average Bonchev–Trinajstić information content (AvgIpc) is 2.74. The standard InChI is InChI=1S/C17H19N2S.C7H8O3S/c1-18(2)15-8-6-14(7-9-15)13-17-16-5-3-4-10-19(16)11-12-20-17;1-6-2-4-7(5-3-6)11(8,9)10/h3-10,13H,11-12H2,1-2H3;2-5H,1H3,(H,8,9,10)/q+1;/p-1. The predicted molar refractivity (Wildman–Crippen MR) is 127 cm³/mol. The van der Waals surface area contributed by atoms with Crippen LogP contribution in [-0.4, -0.2) is 32.8 Å². The summed E-state index contributed by atoms with van der Waals surface area (Å²) in [5.74, 6) is 1.14. The van der Waals surface area contributed by atoms with Crippen LogP contribution in [-0.2, 0) is 16.7 Å². The average molecular weight is 455 g/mol. The van der Waals surface area contributed by atoms with Crippen LogP contribution in [0.25, 0.3) is 11.0 Å². The molecule has 0 spiro atoms. The van der Waals surface area contributed by atoms with Gasteiger partial charge in [-0.2, -0.15) is 4.57 Å². The number of pyridine rings is 1. The number of hydrogen-bond donors (Lipinski definition) is 0. The smallest absolute Gasteiger partial charge is 0.218 e. The van der Waals surface area contributed by atoms with Crippen molar-refractivity contribution in [3.8, 4) is 0 Å². The molecular formula is C24H26N2O3S2. The first-order valence-electron chi connectivity index (χ1n) is 9.87. The van der Waals surface area contributed by atoms with Crippen LogP contribution in [0.3, 0.4) is 0 Å². The maximum atomic E-state index is 10.4. The van der Waals surface area contributed by atoms with E-state index in [0.717, 1.165) is 17.9 Å². The van der Waals surface area contributed by atoms with Crippen molar-refractivity contribution in [1.29, 1.82) is 0 Å². The van der Waals surface area contributed by atoms with Crippen molar-refractivity contribution in [2.75, 3.05) is 24.7 Å². The molecule has 0 bridgehead atoms. The quantitative estimate of drug-likeness (QED) is 0.439. The zero-order valence-electron chi connectivity index (χ0n) is 17.9. The second-order valence-corrected chi connectivity index (χ2v) is 9.91. The third-order valence-electron chi connectivity index (χ3n) is 4.80. The topological polar surface area (TPSA) is 64.3 Å². The Morgan fingerprint density at radius 3 is 2.29 bits per heavy atom. The molecule has 162 valence electrons. The molecule has 1 aliphatic rings. The Morgan fingerprint density at radius 2 is 1.68 bits per heavy atom. The summed E-state index contributed by atoms with van der Waals surface area (Å²) >= 11 is 1.94. The highest BCUT2D eigenvalue weighted by molar-refractivity contribution is 8.08. The van der Waals surface area contributed by atoms with E-state index in [2.05, 4.69) is 78.3 Å². The van der Waals surface area contributed by atoms with Gasteiger partial charge in [0, 0.05) is 31.9 Å². The fraction of sp³-hybridized carbons (Fsp3) is 0.208. The predicted octanol–water partition coefficient (Wildman–Crippen LogP) is 4.18. The molecule has 0 radical (unpaired) electrons. The molecule has 5 nitrogen and oxygen atoms in total. The number of rotatable bonds is 3. The summed E-state index contributed by atoms with van der Waals surface area (Å²) in [5, 5.41) is 0. The van der Waals surface area contributed by atoms with Gasteiger partial charge >= 0.3 is 0 Å². The van der Waals surface area contributed by atoms with E-state index < -0.39 is 10.1 Å². The SMILES string of the molecule is CN(C)c1ccc(/C=C2\SCC[n+]3ccccc32)cc1.Cc1ccc(S(=O)(=O)[O-])cc1. The number of nitrogens with zero attached hydrogens (tertiary/aromatic N) is 2. The number of anilines is 1. The van der Waals surface area contributed by atoms with E-state index >= 15 is 0 Å². The van der Waals surface area contributed by atoms with Crippen LogP contribution in [0, 0.1) is 6.92 Å². The summed E-state index contributed by atoms with van der Waals surface area (Å²) in [4.78, 5) is 3.30. The number of aromatic nitrogens is 1. The molecule has 2 heterocycles. The second-order valence-electron chi connectivity index (χ2n) is 7.39. The van der Waals surface area contributed by atoms with Gasteiger partial charge in [0.1, 0.15) is 10.1 Å². The van der Waals surface area contributed by atoms with E-state index in [1.54, 1.807) is 12.1 Å². The van der Waals surface area contributed by atoms with E-state index in [9.17, 15) is 13.0 Å². The lowest BCUT2D eigenvalue weighted by molar-refractivity contribution is -0.695. The fourth-order valence-corrected chi connectivity index (χ4v) is 4.59. The van der Waals surface area contributed by atoms with Gasteiger partial charge in [0.05, 0.1) is 15.6 Å². The van der Waals surface area contributed by atoms with E-state index in [0.29, 0.717) is 0 Å². The Kier molecular flexibility index (Phi) is 7.54. The van der Waals surface area contributed by atoms with Crippen LogP contribution in [0.2, 0.25) is 0 Å². The molecule has 0 unspecified atom stereocenters. The third kappa shape index (κ3) is 6.43. The van der Waals surface area contributed by atoms with Crippen molar-refractivity contribution in [3.63, 3.8) is 0 Å². The van der Waals surface area contributed by atoms with Gasteiger partial charge in [0.15, 0.2) is 12.7 Å². The molecule has 0 saturated heterocycles. The molecule has 4 rings (SSSR count). The second kappa shape index (κ2) is 10.1. The highest BCUT2D eigenvalue weighted by Gasteiger charge is 2.20. The minimum atomic E-state index is -4.27. The summed E-state index contributed by atoms with van der Waals surface area (Å²) in [6.07, 6.45) is 4.45. The van der Waals surface area contributed by atoms with E-state index in [-0.39, 0.29) is 4.90 Å². The number of benzene rings is 2. The van der Waals surface area contributed by atoms with Crippen molar-refractivity contribution < 1.29 is 17.5 Å². The minimum absolute atomic E-state index is 0.178. The van der Waals surface area contributed by atoms with Crippen LogP contribution in [0.4, 0.5) is 5.69 Å². The first-order chi connectivity index (χ1) is 14.7. The molecule has 0 saturated carbocycles. The lowest BCUT2D eigenvalue weighted by Gasteiger charge is -2.14. The van der Waals surface area contributed by atoms with Gasteiger partial charge in [-0.15, -0.1) is 11.8 Å². The molecule has 1 aliphatic heterocycles. The molecular weight excluding hydrogens is 428 g/mol. The molecule has 3 aromatic rings. The van der Waals surface area contributed by atoms with Gasteiger partial charge < -0.3 is 9.45 Å². The zero-order chi connectivity index (χ0) is 22.4. The van der Waals surface area contributed by atoms with E-state index in [1.807, 2.05) is 18.7 Å². The fourth-order valence-electron chi connectivity index (χ4n) is 3.06. The number of thioether (sulfide) groups is 1. The molecule has 31 heavy (non-hydrogen) atoms. The summed E-state index contributed by atoms with van der Waals surface area (Å²) in [6.45, 7) is 2.92. The number of hydrogen-bond acceptors (Lipinski definition) is 5. The van der Waals surface area contributed by atoms with Gasteiger partial charge in [0.2, 0.25) is 5.69 Å². The van der Waals surface area contributed by atoms with Gasteiger partial charge in [-0.3, -0.25) is 0 Å². The normalized spacial score (nSPS) is 14.4. The third-order valence-corrected chi connectivity index (χ3v) is 6.67. The highest BCUT2D eigenvalue weighted by Crippen LogP contribution is 2.30. The number of fused-ring (bicyclic) bond motifs is 1. The molecule has 0 N–H and O–H groups in total. The molecule has 2 aromatic carbocycles. The Balaban J connectivity index is 0.000000210. The van der Waals surface area contributed by atoms with Crippen molar-refractivity contribution in [2.24, 2.45) is 0 Å². The van der Waals surface area contributed by atoms with Crippen LogP contribution in [0.5, 0.6) is 0 Å². The first-order valence-corrected chi connectivity index (χ1v) is 12.3. The van der Waals surface area contributed by atoms with Crippen molar-refractivity contribution in [2.45, 2.75) is 18.4 Å². The molecule has 0 amide bonds. The van der Waals surface area contributed by atoms with Gasteiger partial charge in [-0.25, -0.2) is 8.42 Å².